The molecule has 0 radical (unpaired) electrons. The first-order valence-electron chi connectivity index (χ1n) is 14.3. The molecule has 1 saturated carbocycles. The van der Waals surface area contributed by atoms with E-state index in [1.165, 1.54) is 0 Å². The number of benzene rings is 2. The lowest BCUT2D eigenvalue weighted by Gasteiger charge is -2.48. The monoisotopic (exact) mass is 613 g/mol. The van der Waals surface area contributed by atoms with Crippen LogP contribution in [0.1, 0.15) is 87.8 Å². The molecule has 226 valence electrons. The fourth-order valence-corrected chi connectivity index (χ4v) is 6.76. The molecule has 2 aromatic carbocycles. The Morgan fingerprint density at radius 3 is 2.24 bits per heavy atom. The smallest absolute Gasteiger partial charge is 0.275 e. The van der Waals surface area contributed by atoms with E-state index in [0.717, 1.165) is 31.2 Å². The van der Waals surface area contributed by atoms with Gasteiger partial charge in [0.15, 0.2) is 0 Å². The molecule has 0 saturated heterocycles. The zero-order chi connectivity index (χ0) is 30.8. The van der Waals surface area contributed by atoms with E-state index >= 15 is 0 Å². The third-order valence-corrected chi connectivity index (χ3v) is 8.84. The van der Waals surface area contributed by atoms with E-state index in [9.17, 15) is 9.59 Å². The molecule has 1 spiro atoms. The molecule has 0 bridgehead atoms. The number of carbonyl (C=O) groups excluding carboxylic acids is 2. The van der Waals surface area contributed by atoms with Crippen LogP contribution in [0.2, 0.25) is 10.0 Å². The van der Waals surface area contributed by atoms with Crippen LogP contribution in [0.3, 0.4) is 0 Å². The molecule has 42 heavy (non-hydrogen) atoms. The Balaban J connectivity index is 1.70. The van der Waals surface area contributed by atoms with Crippen LogP contribution in [0.5, 0.6) is 0 Å². The number of hydrogen-bond donors (Lipinski definition) is 4. The molecule has 1 fully saturated rings. The maximum absolute atomic E-state index is 14.4. The molecular formula is C31H41Cl2N7O2. The highest BCUT2D eigenvalue weighted by Gasteiger charge is 2.53. The average Bonchev–Trinajstić information content (AvgIpc) is 3.18. The van der Waals surface area contributed by atoms with Crippen molar-refractivity contribution in [3.63, 3.8) is 0 Å². The lowest BCUT2D eigenvalue weighted by molar-refractivity contribution is -0.135. The SMILES string of the molecule is CC(C)C(c1ccc(C(=O)NC/C(N)=N/NN)cc1)N1C(=O)C(c2cc(Cl)cc(Cl)c2)=NC12CCC(C(C)(C)C)CC2. The molecule has 4 rings (SSSR count). The number of carbonyl (C=O) groups is 2. The summed E-state index contributed by atoms with van der Waals surface area (Å²) in [6.07, 6.45) is 3.47. The van der Waals surface area contributed by atoms with Crippen molar-refractivity contribution in [2.45, 2.75) is 72.0 Å². The molecule has 6 N–H and O–H groups in total. The highest BCUT2D eigenvalue weighted by molar-refractivity contribution is 6.47. The van der Waals surface area contributed by atoms with Crippen molar-refractivity contribution in [2.75, 3.05) is 6.54 Å². The quantitative estimate of drug-likeness (QED) is 0.136. The Morgan fingerprint density at radius 2 is 1.71 bits per heavy atom. The van der Waals surface area contributed by atoms with Crippen molar-refractivity contribution in [3.8, 4) is 0 Å². The Kier molecular flexibility index (Phi) is 9.55. The molecule has 2 aromatic rings. The number of rotatable bonds is 8. The summed E-state index contributed by atoms with van der Waals surface area (Å²) >= 11 is 12.7. The molecular weight excluding hydrogens is 573 g/mol. The van der Waals surface area contributed by atoms with Gasteiger partial charge >= 0.3 is 0 Å². The van der Waals surface area contributed by atoms with Gasteiger partial charge in [0.05, 0.1) is 12.6 Å². The second-order valence-electron chi connectivity index (χ2n) is 12.6. The zero-order valence-corrected chi connectivity index (χ0v) is 26.4. The second kappa shape index (κ2) is 12.6. The fraction of sp³-hybridized carbons (Fsp3) is 0.484. The van der Waals surface area contributed by atoms with Crippen LogP contribution >= 0.6 is 23.2 Å². The van der Waals surface area contributed by atoms with E-state index in [-0.39, 0.29) is 41.6 Å². The molecule has 2 aliphatic rings. The molecule has 1 aliphatic carbocycles. The van der Waals surface area contributed by atoms with E-state index < -0.39 is 5.66 Å². The number of nitrogens with zero attached hydrogens (tertiary/aromatic N) is 3. The van der Waals surface area contributed by atoms with E-state index in [4.69, 9.17) is 39.8 Å². The minimum Gasteiger partial charge on any atom is -0.384 e. The van der Waals surface area contributed by atoms with Gasteiger partial charge in [-0.05, 0) is 78.8 Å². The third-order valence-electron chi connectivity index (χ3n) is 8.40. The predicted octanol–water partition coefficient (Wildman–Crippen LogP) is 5.42. The Hall–Kier alpha value is -3.14. The molecule has 1 aliphatic heterocycles. The van der Waals surface area contributed by atoms with Gasteiger partial charge < -0.3 is 16.0 Å². The number of hydrogen-bond acceptors (Lipinski definition) is 6. The summed E-state index contributed by atoms with van der Waals surface area (Å²) in [4.78, 5) is 34.3. The van der Waals surface area contributed by atoms with E-state index in [1.807, 2.05) is 17.0 Å². The molecule has 1 unspecified atom stereocenters. The standard InChI is InChI=1S/C31H41Cl2N7O2/c1-18(2)27(19-6-8-20(9-7-19)28(41)36-17-25(34)38-39-35)40-29(42)26(21-14-23(32)16-24(33)15-21)37-31(40)12-10-22(11-13-31)30(3,4)5/h6-9,14-16,18,22,27,39H,10-13,17,35H2,1-5H3,(H2,34,38)(H,36,41). The largest absolute Gasteiger partial charge is 0.384 e. The summed E-state index contributed by atoms with van der Waals surface area (Å²) in [6.45, 7) is 11.1. The van der Waals surface area contributed by atoms with Crippen molar-refractivity contribution < 1.29 is 9.59 Å². The summed E-state index contributed by atoms with van der Waals surface area (Å²) in [5.74, 6) is 5.46. The van der Waals surface area contributed by atoms with Gasteiger partial charge in [0.1, 0.15) is 17.2 Å². The van der Waals surface area contributed by atoms with Crippen LogP contribution in [0.15, 0.2) is 52.6 Å². The predicted molar refractivity (Wildman–Crippen MR) is 169 cm³/mol. The zero-order valence-electron chi connectivity index (χ0n) is 24.9. The lowest BCUT2D eigenvalue weighted by Crippen LogP contribution is -2.52. The number of hydrazone groups is 1. The molecule has 0 aromatic heterocycles. The van der Waals surface area contributed by atoms with Gasteiger partial charge in [0.25, 0.3) is 11.8 Å². The number of nitrogens with one attached hydrogen (secondary N) is 2. The maximum atomic E-state index is 14.4. The minimum absolute atomic E-state index is 0.0490. The normalized spacial score (nSPS) is 22.0. The van der Waals surface area contributed by atoms with Gasteiger partial charge in [-0.3, -0.25) is 14.6 Å². The first-order valence-corrected chi connectivity index (χ1v) is 15.1. The minimum atomic E-state index is -0.679. The van der Waals surface area contributed by atoms with Crippen molar-refractivity contribution in [1.82, 2.24) is 15.8 Å². The van der Waals surface area contributed by atoms with Gasteiger partial charge in [-0.2, -0.15) is 5.10 Å². The van der Waals surface area contributed by atoms with Crippen LogP contribution < -0.4 is 22.4 Å². The van der Waals surface area contributed by atoms with E-state index in [2.05, 4.69) is 50.6 Å². The Bertz CT molecular complexity index is 1350. The van der Waals surface area contributed by atoms with E-state index in [0.29, 0.717) is 32.8 Å². The summed E-state index contributed by atoms with van der Waals surface area (Å²) in [7, 11) is 0. The van der Waals surface area contributed by atoms with Gasteiger partial charge in [-0.1, -0.05) is 70.0 Å². The molecule has 9 nitrogen and oxygen atoms in total. The maximum Gasteiger partial charge on any atom is 0.275 e. The summed E-state index contributed by atoms with van der Waals surface area (Å²) in [5.41, 5.74) is 9.70. The van der Waals surface area contributed by atoms with Gasteiger partial charge in [0.2, 0.25) is 0 Å². The van der Waals surface area contributed by atoms with Gasteiger partial charge in [-0.25, -0.2) is 11.4 Å². The van der Waals surface area contributed by atoms with Crippen LogP contribution in [0.25, 0.3) is 0 Å². The summed E-state index contributed by atoms with van der Waals surface area (Å²) in [5, 5.41) is 7.27. The topological polar surface area (TPSA) is 138 Å². The first-order chi connectivity index (χ1) is 19.8. The van der Waals surface area contributed by atoms with Crippen LogP contribution in [-0.2, 0) is 4.79 Å². The lowest BCUT2D eigenvalue weighted by atomic mass is 9.69. The third kappa shape index (κ3) is 6.74. The molecule has 1 heterocycles. The van der Waals surface area contributed by atoms with Crippen molar-refractivity contribution in [2.24, 2.45) is 38.9 Å². The number of amidine groups is 1. The number of halogens is 2. The number of aliphatic imine (C=N–C) groups is 1. The Morgan fingerprint density at radius 1 is 1.12 bits per heavy atom. The van der Waals surface area contributed by atoms with Crippen molar-refractivity contribution in [3.05, 3.63) is 69.2 Å². The van der Waals surface area contributed by atoms with Crippen molar-refractivity contribution in [1.29, 1.82) is 0 Å². The molecule has 1 atom stereocenters. The first kappa shape index (κ1) is 31.8. The number of amides is 2. The van der Waals surface area contributed by atoms with Gasteiger partial charge in [0, 0.05) is 21.2 Å². The van der Waals surface area contributed by atoms with E-state index in [1.54, 1.807) is 30.3 Å². The summed E-state index contributed by atoms with van der Waals surface area (Å²) in [6, 6.07) is 12.2. The fourth-order valence-electron chi connectivity index (χ4n) is 6.23. The number of nitrogens with two attached hydrogens (primary N) is 2. The van der Waals surface area contributed by atoms with Crippen LogP contribution in [-0.4, -0.2) is 40.5 Å². The molecule has 11 heteroatoms. The van der Waals surface area contributed by atoms with Crippen molar-refractivity contribution >= 4 is 46.6 Å². The highest BCUT2D eigenvalue weighted by Crippen LogP contribution is 2.50. The number of hydrazine groups is 1. The summed E-state index contributed by atoms with van der Waals surface area (Å²) < 4.78 is 0. The average molecular weight is 615 g/mol. The molecule has 2 amide bonds. The highest BCUT2D eigenvalue weighted by atomic mass is 35.5. The van der Waals surface area contributed by atoms with Crippen LogP contribution in [0.4, 0.5) is 0 Å². The Labute approximate surface area is 258 Å². The van der Waals surface area contributed by atoms with Crippen LogP contribution in [0, 0.1) is 17.3 Å². The van der Waals surface area contributed by atoms with Gasteiger partial charge in [-0.15, -0.1) is 0 Å². The second-order valence-corrected chi connectivity index (χ2v) is 13.5.